The molecule has 0 saturated carbocycles. The van der Waals surface area contributed by atoms with E-state index in [0.717, 1.165) is 5.69 Å². The van der Waals surface area contributed by atoms with E-state index >= 15 is 0 Å². The zero-order valence-electron chi connectivity index (χ0n) is 11.0. The molecule has 0 unspecified atom stereocenters. The highest BCUT2D eigenvalue weighted by molar-refractivity contribution is 8.00. The quantitative estimate of drug-likeness (QED) is 0.839. The summed E-state index contributed by atoms with van der Waals surface area (Å²) in [4.78, 5) is 13.4. The van der Waals surface area contributed by atoms with Gasteiger partial charge >= 0.3 is 0 Å². The number of benzene rings is 1. The van der Waals surface area contributed by atoms with E-state index in [-0.39, 0.29) is 11.3 Å². The van der Waals surface area contributed by atoms with Crippen LogP contribution in [0.3, 0.4) is 0 Å². The molecule has 0 radical (unpaired) electrons. The number of amides is 1. The topological polar surface area (TPSA) is 25.2 Å². The minimum absolute atomic E-state index is 0.151. The summed E-state index contributed by atoms with van der Waals surface area (Å²) in [5.74, 6) is 0.787. The zero-order chi connectivity index (χ0) is 13.4. The Morgan fingerprint density at radius 2 is 2.16 bits per heavy atom. The highest BCUT2D eigenvalue weighted by atomic mass is 32.2. The average molecular weight is 272 g/mol. The molecule has 0 aliphatic carbocycles. The third-order valence-corrected chi connectivity index (χ3v) is 4.73. The molecule has 1 atom stereocenters. The zero-order valence-corrected chi connectivity index (χ0v) is 11.9. The van der Waals surface area contributed by atoms with Gasteiger partial charge in [0.2, 0.25) is 5.91 Å². The van der Waals surface area contributed by atoms with Gasteiger partial charge in [0.05, 0.1) is 5.75 Å². The monoisotopic (exact) mass is 272 g/mol. The molecule has 1 aliphatic rings. The normalized spacial score (nSPS) is 19.2. The Morgan fingerprint density at radius 3 is 2.84 bits per heavy atom. The third-order valence-electron chi connectivity index (χ3n) is 3.41. The minimum Gasteiger partial charge on any atom is -0.329 e. The number of aryl methyl sites for hydroxylation is 1. The van der Waals surface area contributed by atoms with Gasteiger partial charge in [-0.05, 0) is 30.7 Å². The number of hydrogen-bond donors (Lipinski definition) is 0. The van der Waals surface area contributed by atoms with Crippen molar-refractivity contribution in [2.24, 2.45) is 0 Å². The molecule has 98 valence electrons. The standard InChI is InChI=1S/C15H16N2OS/c1-11-4-3-5-13(8-11)17-7-6-12(9-17)15-16(2)14(18)10-19-15/h3-9,15H,10H2,1-2H3/t15-/m0/s1. The molecule has 3 nitrogen and oxygen atoms in total. The molecule has 1 amide bonds. The predicted octanol–water partition coefficient (Wildman–Crippen LogP) is 2.99. The maximum absolute atomic E-state index is 11.6. The van der Waals surface area contributed by atoms with Crippen LogP contribution < -0.4 is 0 Å². The molecule has 1 aliphatic heterocycles. The SMILES string of the molecule is Cc1cccc(-n2ccc([C@@H]3SCC(=O)N3C)c2)c1. The van der Waals surface area contributed by atoms with E-state index < -0.39 is 0 Å². The van der Waals surface area contributed by atoms with E-state index in [0.29, 0.717) is 5.75 Å². The van der Waals surface area contributed by atoms with E-state index in [1.807, 2.05) is 11.9 Å². The van der Waals surface area contributed by atoms with E-state index in [1.165, 1.54) is 11.1 Å². The number of rotatable bonds is 2. The lowest BCUT2D eigenvalue weighted by Gasteiger charge is -2.17. The van der Waals surface area contributed by atoms with Crippen LogP contribution >= 0.6 is 11.8 Å². The Labute approximate surface area is 117 Å². The van der Waals surface area contributed by atoms with E-state index in [9.17, 15) is 4.79 Å². The van der Waals surface area contributed by atoms with Crippen LogP contribution in [0.5, 0.6) is 0 Å². The van der Waals surface area contributed by atoms with Crippen LogP contribution in [0, 0.1) is 6.92 Å². The van der Waals surface area contributed by atoms with Gasteiger partial charge in [-0.25, -0.2) is 0 Å². The lowest BCUT2D eigenvalue weighted by molar-refractivity contribution is -0.126. The fourth-order valence-electron chi connectivity index (χ4n) is 2.32. The highest BCUT2D eigenvalue weighted by Gasteiger charge is 2.30. The van der Waals surface area contributed by atoms with Gasteiger partial charge < -0.3 is 9.47 Å². The Bertz CT molecular complexity index is 620. The van der Waals surface area contributed by atoms with Crippen molar-refractivity contribution in [1.29, 1.82) is 0 Å². The molecule has 2 aromatic rings. The first-order valence-electron chi connectivity index (χ1n) is 6.27. The molecule has 4 heteroatoms. The van der Waals surface area contributed by atoms with Crippen molar-refractivity contribution in [2.45, 2.75) is 12.3 Å². The van der Waals surface area contributed by atoms with Crippen molar-refractivity contribution in [3.8, 4) is 5.69 Å². The first-order valence-corrected chi connectivity index (χ1v) is 7.32. The highest BCUT2D eigenvalue weighted by Crippen LogP contribution is 2.37. The fraction of sp³-hybridized carbons (Fsp3) is 0.267. The lowest BCUT2D eigenvalue weighted by Crippen LogP contribution is -2.22. The lowest BCUT2D eigenvalue weighted by atomic mass is 10.2. The molecule has 1 aromatic carbocycles. The van der Waals surface area contributed by atoms with Gasteiger partial charge in [0.25, 0.3) is 0 Å². The maximum Gasteiger partial charge on any atom is 0.233 e. The first kappa shape index (κ1) is 12.4. The first-order chi connectivity index (χ1) is 9.15. The summed E-state index contributed by atoms with van der Waals surface area (Å²) in [6.07, 6.45) is 4.17. The van der Waals surface area contributed by atoms with Crippen molar-refractivity contribution in [3.05, 3.63) is 53.9 Å². The minimum atomic E-state index is 0.151. The van der Waals surface area contributed by atoms with Crippen molar-refractivity contribution in [1.82, 2.24) is 9.47 Å². The number of carbonyl (C=O) groups is 1. The van der Waals surface area contributed by atoms with Crippen LogP contribution in [0.4, 0.5) is 0 Å². The third kappa shape index (κ3) is 2.28. The van der Waals surface area contributed by atoms with Crippen LogP contribution in [-0.2, 0) is 4.79 Å². The van der Waals surface area contributed by atoms with Gasteiger partial charge in [-0.2, -0.15) is 0 Å². The Kier molecular flexibility index (Phi) is 3.11. The van der Waals surface area contributed by atoms with E-state index in [2.05, 4.69) is 54.2 Å². The maximum atomic E-state index is 11.6. The number of aromatic nitrogens is 1. The van der Waals surface area contributed by atoms with Crippen molar-refractivity contribution >= 4 is 17.7 Å². The Morgan fingerprint density at radius 1 is 1.32 bits per heavy atom. The van der Waals surface area contributed by atoms with Gasteiger partial charge in [0, 0.05) is 30.7 Å². The smallest absolute Gasteiger partial charge is 0.233 e. The molecular formula is C15H16N2OS. The summed E-state index contributed by atoms with van der Waals surface area (Å²) in [6, 6.07) is 10.5. The van der Waals surface area contributed by atoms with Gasteiger partial charge in [-0.3, -0.25) is 4.79 Å². The summed E-state index contributed by atoms with van der Waals surface area (Å²) in [7, 11) is 1.87. The van der Waals surface area contributed by atoms with Crippen LogP contribution in [0.1, 0.15) is 16.5 Å². The summed E-state index contributed by atoms with van der Waals surface area (Å²) >= 11 is 1.69. The molecule has 1 saturated heterocycles. The van der Waals surface area contributed by atoms with Crippen molar-refractivity contribution in [2.75, 3.05) is 12.8 Å². The summed E-state index contributed by atoms with van der Waals surface area (Å²) in [6.45, 7) is 2.09. The predicted molar refractivity (Wildman–Crippen MR) is 78.5 cm³/mol. The number of thioether (sulfide) groups is 1. The molecule has 19 heavy (non-hydrogen) atoms. The summed E-state index contributed by atoms with van der Waals surface area (Å²) < 4.78 is 2.11. The van der Waals surface area contributed by atoms with Crippen molar-refractivity contribution < 1.29 is 4.79 Å². The molecule has 0 bridgehead atoms. The Balaban J connectivity index is 1.90. The Hall–Kier alpha value is -1.68. The molecule has 0 spiro atoms. The molecule has 1 fully saturated rings. The number of nitrogens with zero attached hydrogens (tertiary/aromatic N) is 2. The number of hydrogen-bond acceptors (Lipinski definition) is 2. The van der Waals surface area contributed by atoms with Crippen LogP contribution in [0.15, 0.2) is 42.7 Å². The summed E-state index contributed by atoms with van der Waals surface area (Å²) in [5.41, 5.74) is 3.58. The second-order valence-electron chi connectivity index (χ2n) is 4.86. The molecule has 1 aromatic heterocycles. The average Bonchev–Trinajstić information content (AvgIpc) is 2.98. The van der Waals surface area contributed by atoms with Crippen molar-refractivity contribution in [3.63, 3.8) is 0 Å². The van der Waals surface area contributed by atoms with E-state index in [1.54, 1.807) is 11.8 Å². The second-order valence-corrected chi connectivity index (χ2v) is 5.93. The van der Waals surface area contributed by atoms with Crippen LogP contribution in [0.25, 0.3) is 5.69 Å². The van der Waals surface area contributed by atoms with Crippen LogP contribution in [-0.4, -0.2) is 28.2 Å². The van der Waals surface area contributed by atoms with Gasteiger partial charge in [-0.1, -0.05) is 12.1 Å². The molecule has 3 rings (SSSR count). The van der Waals surface area contributed by atoms with Gasteiger partial charge in [-0.15, -0.1) is 11.8 Å². The number of carbonyl (C=O) groups excluding carboxylic acids is 1. The van der Waals surface area contributed by atoms with E-state index in [4.69, 9.17) is 0 Å². The molecular weight excluding hydrogens is 256 g/mol. The second kappa shape index (κ2) is 4.78. The summed E-state index contributed by atoms with van der Waals surface area (Å²) in [5, 5.41) is 0.151. The largest absolute Gasteiger partial charge is 0.329 e. The molecule has 2 heterocycles. The fourth-order valence-corrected chi connectivity index (χ4v) is 3.50. The van der Waals surface area contributed by atoms with Gasteiger partial charge in [0.1, 0.15) is 5.37 Å². The molecule has 0 N–H and O–H groups in total. The van der Waals surface area contributed by atoms with Gasteiger partial charge in [0.15, 0.2) is 0 Å². The van der Waals surface area contributed by atoms with Crippen LogP contribution in [0.2, 0.25) is 0 Å².